The topological polar surface area (TPSA) is 37.0 Å². The summed E-state index contributed by atoms with van der Waals surface area (Å²) in [7, 11) is 0. The highest BCUT2D eigenvalue weighted by molar-refractivity contribution is 5.29. The Hall–Kier alpha value is -0.800. The molecule has 2 aliphatic rings. The first-order chi connectivity index (χ1) is 7.43. The largest absolute Gasteiger partial charge is 0.369 e. The van der Waals surface area contributed by atoms with Crippen molar-refractivity contribution in [1.29, 1.82) is 0 Å². The summed E-state index contributed by atoms with van der Waals surface area (Å²) < 4.78 is 5.75. The minimum atomic E-state index is 0.240. The lowest BCUT2D eigenvalue weighted by atomic mass is 9.98. The van der Waals surface area contributed by atoms with Crippen LogP contribution >= 0.6 is 0 Å². The van der Waals surface area contributed by atoms with Gasteiger partial charge in [-0.25, -0.2) is 0 Å². The fraction of sp³-hybridized carbons (Fsp3) is 0.667. The standard InChI is InChI=1S/C12H18N2O/c1-2-4-10-9(3-1)7-11(14-10)12-8-13-5-6-15-12/h7,12-14H,1-6,8H2. The van der Waals surface area contributed by atoms with Gasteiger partial charge < -0.3 is 15.0 Å². The monoisotopic (exact) mass is 206 g/mol. The molecule has 82 valence electrons. The Labute approximate surface area is 90.2 Å². The third-order valence-corrected chi connectivity index (χ3v) is 3.41. The summed E-state index contributed by atoms with van der Waals surface area (Å²) in [5.41, 5.74) is 4.24. The second kappa shape index (κ2) is 3.99. The molecule has 2 N–H and O–H groups in total. The zero-order valence-electron chi connectivity index (χ0n) is 9.01. The first-order valence-electron chi connectivity index (χ1n) is 5.96. The van der Waals surface area contributed by atoms with Crippen molar-refractivity contribution in [2.45, 2.75) is 31.8 Å². The molecule has 1 saturated heterocycles. The van der Waals surface area contributed by atoms with Crippen molar-refractivity contribution in [1.82, 2.24) is 10.3 Å². The van der Waals surface area contributed by atoms with Crippen LogP contribution in [0.3, 0.4) is 0 Å². The molecule has 1 unspecified atom stereocenters. The van der Waals surface area contributed by atoms with E-state index in [1.165, 1.54) is 42.6 Å². The molecule has 0 bridgehead atoms. The number of aromatic amines is 1. The number of ether oxygens (including phenoxy) is 1. The molecule has 0 aromatic carbocycles. The molecule has 3 rings (SSSR count). The molecular weight excluding hydrogens is 188 g/mol. The zero-order valence-corrected chi connectivity index (χ0v) is 9.01. The number of aromatic nitrogens is 1. The quantitative estimate of drug-likeness (QED) is 0.731. The van der Waals surface area contributed by atoms with E-state index in [2.05, 4.69) is 16.4 Å². The van der Waals surface area contributed by atoms with Crippen molar-refractivity contribution in [2.24, 2.45) is 0 Å². The maximum Gasteiger partial charge on any atom is 0.110 e. The highest BCUT2D eigenvalue weighted by atomic mass is 16.5. The van der Waals surface area contributed by atoms with Crippen molar-refractivity contribution in [3.05, 3.63) is 23.0 Å². The maximum atomic E-state index is 5.75. The second-order valence-corrected chi connectivity index (χ2v) is 4.50. The number of hydrogen-bond acceptors (Lipinski definition) is 2. The van der Waals surface area contributed by atoms with Crippen LogP contribution in [0.5, 0.6) is 0 Å². The Balaban J connectivity index is 1.82. The van der Waals surface area contributed by atoms with Crippen molar-refractivity contribution in [2.75, 3.05) is 19.7 Å². The Bertz CT molecular complexity index is 316. The minimum Gasteiger partial charge on any atom is -0.369 e. The van der Waals surface area contributed by atoms with Gasteiger partial charge in [0.05, 0.1) is 6.61 Å². The summed E-state index contributed by atoms with van der Waals surface area (Å²) in [6.07, 6.45) is 5.37. The molecule has 1 aromatic rings. The van der Waals surface area contributed by atoms with E-state index < -0.39 is 0 Å². The molecule has 1 aromatic heterocycles. The molecule has 1 atom stereocenters. The van der Waals surface area contributed by atoms with Crippen LogP contribution in [0, 0.1) is 0 Å². The molecule has 15 heavy (non-hydrogen) atoms. The van der Waals surface area contributed by atoms with Gasteiger partial charge in [0.15, 0.2) is 0 Å². The van der Waals surface area contributed by atoms with E-state index in [4.69, 9.17) is 4.74 Å². The van der Waals surface area contributed by atoms with Gasteiger partial charge in [0.25, 0.3) is 0 Å². The minimum absolute atomic E-state index is 0.240. The lowest BCUT2D eigenvalue weighted by Crippen LogP contribution is -2.33. The third-order valence-electron chi connectivity index (χ3n) is 3.41. The van der Waals surface area contributed by atoms with E-state index in [0.29, 0.717) is 0 Å². The number of hydrogen-bond donors (Lipinski definition) is 2. The number of fused-ring (bicyclic) bond motifs is 1. The summed E-state index contributed by atoms with van der Waals surface area (Å²) >= 11 is 0. The van der Waals surface area contributed by atoms with E-state index in [-0.39, 0.29) is 6.10 Å². The van der Waals surface area contributed by atoms with Gasteiger partial charge in [-0.2, -0.15) is 0 Å². The van der Waals surface area contributed by atoms with Crippen molar-refractivity contribution in [3.8, 4) is 0 Å². The van der Waals surface area contributed by atoms with Gasteiger partial charge in [0, 0.05) is 24.5 Å². The van der Waals surface area contributed by atoms with Gasteiger partial charge in [-0.05, 0) is 37.3 Å². The Morgan fingerprint density at radius 1 is 1.27 bits per heavy atom. The van der Waals surface area contributed by atoms with Crippen LogP contribution in [0.2, 0.25) is 0 Å². The average molecular weight is 206 g/mol. The van der Waals surface area contributed by atoms with Crippen LogP contribution in [0.15, 0.2) is 6.07 Å². The molecule has 1 aliphatic heterocycles. The van der Waals surface area contributed by atoms with E-state index in [1.54, 1.807) is 0 Å². The molecular formula is C12H18N2O. The predicted molar refractivity (Wildman–Crippen MR) is 59.0 cm³/mol. The number of aryl methyl sites for hydroxylation is 2. The first kappa shape index (κ1) is 9.43. The Morgan fingerprint density at radius 3 is 3.00 bits per heavy atom. The van der Waals surface area contributed by atoms with Crippen molar-refractivity contribution in [3.63, 3.8) is 0 Å². The smallest absolute Gasteiger partial charge is 0.110 e. The molecule has 0 radical (unpaired) electrons. The van der Waals surface area contributed by atoms with E-state index in [9.17, 15) is 0 Å². The summed E-state index contributed by atoms with van der Waals surface area (Å²) in [4.78, 5) is 3.54. The molecule has 3 heteroatoms. The fourth-order valence-electron chi connectivity index (χ4n) is 2.57. The number of nitrogens with one attached hydrogen (secondary N) is 2. The van der Waals surface area contributed by atoms with Crippen LogP contribution in [0.1, 0.15) is 35.9 Å². The second-order valence-electron chi connectivity index (χ2n) is 4.50. The molecule has 0 amide bonds. The average Bonchev–Trinajstić information content (AvgIpc) is 2.74. The molecule has 0 saturated carbocycles. The summed E-state index contributed by atoms with van der Waals surface area (Å²) in [5.74, 6) is 0. The number of rotatable bonds is 1. The van der Waals surface area contributed by atoms with Crippen LogP contribution < -0.4 is 5.32 Å². The predicted octanol–water partition coefficient (Wildman–Crippen LogP) is 1.55. The van der Waals surface area contributed by atoms with Crippen LogP contribution in [-0.4, -0.2) is 24.7 Å². The van der Waals surface area contributed by atoms with Crippen LogP contribution in [-0.2, 0) is 17.6 Å². The van der Waals surface area contributed by atoms with Gasteiger partial charge in [-0.1, -0.05) is 0 Å². The third kappa shape index (κ3) is 1.82. The highest BCUT2D eigenvalue weighted by Crippen LogP contribution is 2.26. The fourth-order valence-corrected chi connectivity index (χ4v) is 2.57. The van der Waals surface area contributed by atoms with E-state index in [0.717, 1.165) is 19.7 Å². The van der Waals surface area contributed by atoms with Gasteiger partial charge in [-0.15, -0.1) is 0 Å². The summed E-state index contributed by atoms with van der Waals surface area (Å²) in [6.45, 7) is 2.75. The van der Waals surface area contributed by atoms with Gasteiger partial charge in [0.1, 0.15) is 6.10 Å². The van der Waals surface area contributed by atoms with Crippen LogP contribution in [0.4, 0.5) is 0 Å². The van der Waals surface area contributed by atoms with Gasteiger partial charge >= 0.3 is 0 Å². The van der Waals surface area contributed by atoms with E-state index >= 15 is 0 Å². The zero-order chi connectivity index (χ0) is 10.1. The van der Waals surface area contributed by atoms with Gasteiger partial charge in [0.2, 0.25) is 0 Å². The van der Waals surface area contributed by atoms with Crippen molar-refractivity contribution < 1.29 is 4.74 Å². The molecule has 1 fully saturated rings. The molecule has 3 nitrogen and oxygen atoms in total. The highest BCUT2D eigenvalue weighted by Gasteiger charge is 2.20. The van der Waals surface area contributed by atoms with Crippen molar-refractivity contribution >= 4 is 0 Å². The van der Waals surface area contributed by atoms with Crippen LogP contribution in [0.25, 0.3) is 0 Å². The Kier molecular flexibility index (Phi) is 2.51. The Morgan fingerprint density at radius 2 is 2.20 bits per heavy atom. The number of H-pyrrole nitrogens is 1. The lowest BCUT2D eigenvalue weighted by Gasteiger charge is -2.22. The normalized spacial score (nSPS) is 26.3. The van der Waals surface area contributed by atoms with E-state index in [1.807, 2.05) is 0 Å². The maximum absolute atomic E-state index is 5.75. The summed E-state index contributed by atoms with van der Waals surface area (Å²) in [5, 5.41) is 3.37. The summed E-state index contributed by atoms with van der Waals surface area (Å²) in [6, 6.07) is 2.31. The molecule has 1 aliphatic carbocycles. The SMILES string of the molecule is c1c(C2CNCCO2)[nH]c2c1CCCC2. The van der Waals surface area contributed by atoms with Gasteiger partial charge in [-0.3, -0.25) is 0 Å². The molecule has 2 heterocycles. The lowest BCUT2D eigenvalue weighted by molar-refractivity contribution is 0.0253. The molecule has 0 spiro atoms. The number of morpholine rings is 1. The first-order valence-corrected chi connectivity index (χ1v) is 5.96.